The molecule has 0 rings (SSSR count). The molecule has 0 aromatic carbocycles. The molecule has 0 radical (unpaired) electrons. The predicted molar refractivity (Wildman–Crippen MR) is 242 cm³/mol. The molecule has 1 atom stereocenters. The number of unbranched alkanes of at least 4 members (excludes halogenated alkanes) is 19. The van der Waals surface area contributed by atoms with Crippen molar-refractivity contribution in [2.24, 2.45) is 0 Å². The van der Waals surface area contributed by atoms with Crippen molar-refractivity contribution in [1.82, 2.24) is 0 Å². The smallest absolute Gasteiger partial charge is 0.306 e. The number of carbonyl (C=O) groups excluding carboxylic acids is 2. The van der Waals surface area contributed by atoms with E-state index in [4.69, 9.17) is 14.2 Å². The fourth-order valence-electron chi connectivity index (χ4n) is 6.30. The van der Waals surface area contributed by atoms with Crippen molar-refractivity contribution in [3.8, 4) is 0 Å². The van der Waals surface area contributed by atoms with Gasteiger partial charge < -0.3 is 14.2 Å². The van der Waals surface area contributed by atoms with Gasteiger partial charge in [-0.25, -0.2) is 0 Å². The van der Waals surface area contributed by atoms with E-state index in [1.54, 1.807) is 0 Å². The van der Waals surface area contributed by atoms with E-state index in [2.05, 4.69) is 87.6 Å². The maximum absolute atomic E-state index is 12.7. The van der Waals surface area contributed by atoms with Crippen molar-refractivity contribution in [2.45, 2.75) is 219 Å². The minimum absolute atomic E-state index is 0.0460. The summed E-state index contributed by atoms with van der Waals surface area (Å²) in [4.78, 5) is 25.2. The van der Waals surface area contributed by atoms with Gasteiger partial charge in [0, 0.05) is 19.4 Å². The van der Waals surface area contributed by atoms with Gasteiger partial charge >= 0.3 is 11.9 Å². The molecule has 0 spiro atoms. The first-order valence-electron chi connectivity index (χ1n) is 23.5. The lowest BCUT2D eigenvalue weighted by Crippen LogP contribution is -2.30. The molecule has 0 heterocycles. The van der Waals surface area contributed by atoms with Crippen LogP contribution in [0.2, 0.25) is 0 Å². The van der Waals surface area contributed by atoms with Crippen LogP contribution in [0.3, 0.4) is 0 Å². The molecule has 0 aliphatic rings. The third-order valence-corrected chi connectivity index (χ3v) is 9.77. The molecular formula is C51H88O5. The monoisotopic (exact) mass is 781 g/mol. The zero-order chi connectivity index (χ0) is 40.7. The summed E-state index contributed by atoms with van der Waals surface area (Å²) in [6.07, 6.45) is 59.1. The Bertz CT molecular complexity index is 1020. The summed E-state index contributed by atoms with van der Waals surface area (Å²) in [5.74, 6) is -0.493. The molecule has 322 valence electrons. The Balaban J connectivity index is 4.30. The Morgan fingerprint density at radius 3 is 1.25 bits per heavy atom. The van der Waals surface area contributed by atoms with Gasteiger partial charge in [-0.1, -0.05) is 216 Å². The van der Waals surface area contributed by atoms with Crippen LogP contribution in [0.15, 0.2) is 72.9 Å². The fraction of sp³-hybridized carbons (Fsp3) is 0.725. The van der Waals surface area contributed by atoms with Crippen molar-refractivity contribution < 1.29 is 23.8 Å². The van der Waals surface area contributed by atoms with Gasteiger partial charge in [-0.3, -0.25) is 9.59 Å². The summed E-state index contributed by atoms with van der Waals surface area (Å²) in [7, 11) is 0. The molecule has 0 aromatic rings. The number of ether oxygens (including phenoxy) is 3. The van der Waals surface area contributed by atoms with Crippen molar-refractivity contribution in [2.75, 3.05) is 19.8 Å². The van der Waals surface area contributed by atoms with E-state index in [1.165, 1.54) is 109 Å². The van der Waals surface area contributed by atoms with Crippen LogP contribution in [0.5, 0.6) is 0 Å². The van der Waals surface area contributed by atoms with Crippen molar-refractivity contribution in [3.63, 3.8) is 0 Å². The summed E-state index contributed by atoms with van der Waals surface area (Å²) >= 11 is 0. The van der Waals surface area contributed by atoms with Crippen LogP contribution in [0.1, 0.15) is 213 Å². The second-order valence-electron chi connectivity index (χ2n) is 15.3. The van der Waals surface area contributed by atoms with Crippen LogP contribution in [-0.2, 0) is 23.8 Å². The van der Waals surface area contributed by atoms with Crippen molar-refractivity contribution >= 4 is 11.9 Å². The Hall–Kier alpha value is -2.66. The molecule has 0 fully saturated rings. The highest BCUT2D eigenvalue weighted by Gasteiger charge is 2.17. The van der Waals surface area contributed by atoms with Crippen LogP contribution in [0, 0.1) is 0 Å². The van der Waals surface area contributed by atoms with Gasteiger partial charge in [0.15, 0.2) is 6.10 Å². The molecule has 5 heteroatoms. The largest absolute Gasteiger partial charge is 0.462 e. The summed E-state index contributed by atoms with van der Waals surface area (Å²) in [5.41, 5.74) is 0. The molecule has 56 heavy (non-hydrogen) atoms. The van der Waals surface area contributed by atoms with E-state index in [1.807, 2.05) is 6.08 Å². The van der Waals surface area contributed by atoms with Crippen molar-refractivity contribution in [3.05, 3.63) is 72.9 Å². The molecule has 5 nitrogen and oxygen atoms in total. The highest BCUT2D eigenvalue weighted by molar-refractivity contribution is 5.70. The lowest BCUT2D eigenvalue weighted by molar-refractivity contribution is -0.162. The average Bonchev–Trinajstić information content (AvgIpc) is 3.20. The first-order chi connectivity index (χ1) is 27.6. The van der Waals surface area contributed by atoms with Gasteiger partial charge in [0.1, 0.15) is 6.61 Å². The lowest BCUT2D eigenvalue weighted by atomic mass is 10.0. The van der Waals surface area contributed by atoms with Gasteiger partial charge in [-0.15, -0.1) is 0 Å². The molecule has 0 aliphatic heterocycles. The fourth-order valence-corrected chi connectivity index (χ4v) is 6.30. The molecule has 1 unspecified atom stereocenters. The van der Waals surface area contributed by atoms with Crippen molar-refractivity contribution in [1.29, 1.82) is 0 Å². The highest BCUT2D eigenvalue weighted by Crippen LogP contribution is 2.14. The van der Waals surface area contributed by atoms with Crippen LogP contribution in [0.25, 0.3) is 0 Å². The van der Waals surface area contributed by atoms with E-state index in [-0.39, 0.29) is 25.2 Å². The Morgan fingerprint density at radius 2 is 0.804 bits per heavy atom. The molecule has 0 amide bonds. The number of rotatable bonds is 42. The van der Waals surface area contributed by atoms with E-state index in [0.29, 0.717) is 25.9 Å². The minimum Gasteiger partial charge on any atom is -0.462 e. The molecule has 0 N–H and O–H groups in total. The number of esters is 2. The standard InChI is InChI=1S/C51H88O5/c1-4-7-10-13-16-19-21-23-24-25-26-27-28-30-31-33-35-38-41-44-50(52)55-48-49(47-54-46-43-40-37-18-15-12-9-6-3)56-51(53)45-42-39-36-34-32-29-22-20-17-14-11-8-5-2/h7,10,16,19,23-24,26-27,30-31,35,38,49H,4-6,8-9,11-15,17-18,20-22,25,28-29,32-34,36-37,39-48H2,1-3H3/b10-7-,19-16-,24-23-,27-26-,31-30-,38-35-. The summed E-state index contributed by atoms with van der Waals surface area (Å²) in [6.45, 7) is 7.62. The number of carbonyl (C=O) groups is 2. The predicted octanol–water partition coefficient (Wildman–Crippen LogP) is 15.6. The Morgan fingerprint density at radius 1 is 0.411 bits per heavy atom. The van der Waals surface area contributed by atoms with Crippen LogP contribution >= 0.6 is 0 Å². The highest BCUT2D eigenvalue weighted by atomic mass is 16.6. The molecule has 0 aliphatic carbocycles. The Labute approximate surface area is 347 Å². The molecule has 0 bridgehead atoms. The van der Waals surface area contributed by atoms with Crippen LogP contribution in [0.4, 0.5) is 0 Å². The number of hydrogen-bond donors (Lipinski definition) is 0. The topological polar surface area (TPSA) is 61.8 Å². The third-order valence-electron chi connectivity index (χ3n) is 9.77. The van der Waals surface area contributed by atoms with Gasteiger partial charge in [0.25, 0.3) is 0 Å². The quantitative estimate of drug-likeness (QED) is 0.0351. The van der Waals surface area contributed by atoms with E-state index in [0.717, 1.165) is 64.2 Å². The lowest BCUT2D eigenvalue weighted by Gasteiger charge is -2.18. The van der Waals surface area contributed by atoms with Gasteiger partial charge in [-0.2, -0.15) is 0 Å². The van der Waals surface area contributed by atoms with E-state index < -0.39 is 6.10 Å². The second-order valence-corrected chi connectivity index (χ2v) is 15.3. The zero-order valence-corrected chi connectivity index (χ0v) is 36.9. The first kappa shape index (κ1) is 53.3. The summed E-state index contributed by atoms with van der Waals surface area (Å²) in [5, 5.41) is 0. The van der Waals surface area contributed by atoms with E-state index >= 15 is 0 Å². The maximum Gasteiger partial charge on any atom is 0.306 e. The summed E-state index contributed by atoms with van der Waals surface area (Å²) < 4.78 is 17.2. The zero-order valence-electron chi connectivity index (χ0n) is 36.9. The summed E-state index contributed by atoms with van der Waals surface area (Å²) in [6, 6.07) is 0. The van der Waals surface area contributed by atoms with Gasteiger partial charge in [0.2, 0.25) is 0 Å². The SMILES string of the molecule is CC/C=C\C/C=C\C/C=C\C/C=C\C/C=C\C/C=C\CCC(=O)OCC(COCCCCCCCCCC)OC(=O)CCCCCCCCCCCCCCC. The third kappa shape index (κ3) is 44.1. The van der Waals surface area contributed by atoms with Gasteiger partial charge in [-0.05, 0) is 57.8 Å². The maximum atomic E-state index is 12.7. The Kier molecular flexibility index (Phi) is 44.5. The van der Waals surface area contributed by atoms with Crippen LogP contribution in [-0.4, -0.2) is 37.9 Å². The number of allylic oxidation sites excluding steroid dienone is 12. The molecule has 0 aromatic heterocycles. The minimum atomic E-state index is -0.562. The van der Waals surface area contributed by atoms with Crippen LogP contribution < -0.4 is 0 Å². The number of hydrogen-bond acceptors (Lipinski definition) is 5. The first-order valence-corrected chi connectivity index (χ1v) is 23.5. The second kappa shape index (κ2) is 46.7. The molecule has 0 saturated heterocycles. The normalized spacial score (nSPS) is 12.8. The molecule has 0 saturated carbocycles. The molecular weight excluding hydrogens is 693 g/mol. The average molecular weight is 781 g/mol. The van der Waals surface area contributed by atoms with E-state index in [9.17, 15) is 9.59 Å². The van der Waals surface area contributed by atoms with Gasteiger partial charge in [0.05, 0.1) is 6.61 Å².